The molecule has 23 heavy (non-hydrogen) atoms. The Bertz CT molecular complexity index is 887. The molecule has 1 amide bonds. The van der Waals surface area contributed by atoms with Crippen LogP contribution in [0.1, 0.15) is 23.1 Å². The number of carbonyl (C=O) groups is 1. The molecule has 0 fully saturated rings. The largest absolute Gasteiger partial charge is 0.321 e. The number of nitrogens with zero attached hydrogens (tertiary/aromatic N) is 2. The fourth-order valence-corrected chi connectivity index (χ4v) is 3.23. The molecule has 0 aliphatic heterocycles. The number of nitrogens with one attached hydrogen (secondary N) is 1. The fraction of sp³-hybridized carbons (Fsp3) is 0.125. The number of halogens is 3. The number of benzene rings is 1. The van der Waals surface area contributed by atoms with Crippen LogP contribution in [-0.2, 0) is 6.42 Å². The molecule has 0 spiro atoms. The molecule has 3 rings (SSSR count). The maximum Gasteiger partial charge on any atom is 0.274 e. The van der Waals surface area contributed by atoms with Gasteiger partial charge in [0.15, 0.2) is 0 Å². The lowest BCUT2D eigenvalue weighted by Gasteiger charge is -2.08. The topological polar surface area (TPSA) is 46.4 Å². The average molecular weight is 413 g/mol. The number of aromatic nitrogens is 2. The zero-order valence-corrected chi connectivity index (χ0v) is 15.2. The molecular formula is C16H12BrCl2N3O. The third kappa shape index (κ3) is 3.37. The molecule has 2 heterocycles. The van der Waals surface area contributed by atoms with Crippen LogP contribution in [0.25, 0.3) is 5.65 Å². The molecule has 0 radical (unpaired) electrons. The van der Waals surface area contributed by atoms with E-state index in [1.54, 1.807) is 22.6 Å². The predicted octanol–water partition coefficient (Wildman–Crippen LogP) is 5.22. The number of pyridine rings is 1. The number of carbonyl (C=O) groups excluding carboxylic acids is 1. The van der Waals surface area contributed by atoms with Gasteiger partial charge in [-0.25, -0.2) is 4.98 Å². The van der Waals surface area contributed by atoms with Crippen LogP contribution >= 0.6 is 39.1 Å². The van der Waals surface area contributed by atoms with E-state index >= 15 is 0 Å². The van der Waals surface area contributed by atoms with Crippen molar-refractivity contribution in [2.75, 3.05) is 5.32 Å². The molecule has 0 aliphatic rings. The van der Waals surface area contributed by atoms with E-state index in [9.17, 15) is 4.79 Å². The molecule has 4 nitrogen and oxygen atoms in total. The van der Waals surface area contributed by atoms with Gasteiger partial charge in [-0.2, -0.15) is 0 Å². The van der Waals surface area contributed by atoms with E-state index < -0.39 is 0 Å². The molecule has 7 heteroatoms. The first-order valence-corrected chi connectivity index (χ1v) is 8.46. The van der Waals surface area contributed by atoms with Crippen LogP contribution in [0.3, 0.4) is 0 Å². The van der Waals surface area contributed by atoms with Crippen LogP contribution in [0.15, 0.2) is 41.0 Å². The average Bonchev–Trinajstić information content (AvgIpc) is 2.83. The normalized spacial score (nSPS) is 11.0. The summed E-state index contributed by atoms with van der Waals surface area (Å²) in [6.45, 7) is 1.96. The zero-order valence-electron chi connectivity index (χ0n) is 12.1. The van der Waals surface area contributed by atoms with Gasteiger partial charge in [0, 0.05) is 26.4 Å². The van der Waals surface area contributed by atoms with Gasteiger partial charge < -0.3 is 5.32 Å². The Morgan fingerprint density at radius 1 is 1.26 bits per heavy atom. The van der Waals surface area contributed by atoms with E-state index in [-0.39, 0.29) is 5.91 Å². The molecule has 118 valence electrons. The van der Waals surface area contributed by atoms with Gasteiger partial charge in [-0.15, -0.1) is 0 Å². The van der Waals surface area contributed by atoms with E-state index in [1.807, 2.05) is 25.3 Å². The minimum atomic E-state index is -0.259. The smallest absolute Gasteiger partial charge is 0.274 e. The second kappa shape index (κ2) is 6.51. The lowest BCUT2D eigenvalue weighted by Crippen LogP contribution is -2.16. The number of aryl methyl sites for hydroxylation is 1. The van der Waals surface area contributed by atoms with Gasteiger partial charge in [0.25, 0.3) is 5.91 Å². The molecule has 2 aromatic heterocycles. The van der Waals surface area contributed by atoms with Gasteiger partial charge in [0.2, 0.25) is 0 Å². The molecule has 3 aromatic rings. The van der Waals surface area contributed by atoms with Crippen molar-refractivity contribution in [2.24, 2.45) is 0 Å². The summed E-state index contributed by atoms with van der Waals surface area (Å²) in [6, 6.07) is 8.66. The van der Waals surface area contributed by atoms with Gasteiger partial charge in [-0.05, 0) is 52.7 Å². The number of anilines is 1. The Morgan fingerprint density at radius 2 is 1.96 bits per heavy atom. The van der Waals surface area contributed by atoms with Crippen LogP contribution < -0.4 is 5.32 Å². The molecule has 0 atom stereocenters. The van der Waals surface area contributed by atoms with Crippen molar-refractivity contribution < 1.29 is 4.79 Å². The van der Waals surface area contributed by atoms with Gasteiger partial charge >= 0.3 is 0 Å². The van der Waals surface area contributed by atoms with Crippen molar-refractivity contribution in [2.45, 2.75) is 13.3 Å². The Morgan fingerprint density at radius 3 is 2.61 bits per heavy atom. The molecule has 1 aromatic carbocycles. The Balaban J connectivity index is 2.04. The predicted molar refractivity (Wildman–Crippen MR) is 96.7 cm³/mol. The van der Waals surface area contributed by atoms with E-state index in [2.05, 4.69) is 26.2 Å². The quantitative estimate of drug-likeness (QED) is 0.641. The van der Waals surface area contributed by atoms with Crippen LogP contribution in [0, 0.1) is 0 Å². The maximum atomic E-state index is 12.7. The van der Waals surface area contributed by atoms with E-state index in [4.69, 9.17) is 23.2 Å². The molecular weight excluding hydrogens is 401 g/mol. The number of imidazole rings is 1. The highest BCUT2D eigenvalue weighted by atomic mass is 79.9. The summed E-state index contributed by atoms with van der Waals surface area (Å²) in [5.41, 5.74) is 2.49. The summed E-state index contributed by atoms with van der Waals surface area (Å²) in [6.07, 6.45) is 2.47. The third-order valence-corrected chi connectivity index (χ3v) is 4.23. The van der Waals surface area contributed by atoms with Crippen molar-refractivity contribution in [3.63, 3.8) is 0 Å². The summed E-state index contributed by atoms with van der Waals surface area (Å²) in [5, 5.41) is 3.75. The minimum absolute atomic E-state index is 0.259. The molecule has 0 saturated carbocycles. The fourth-order valence-electron chi connectivity index (χ4n) is 2.37. The number of rotatable bonds is 3. The van der Waals surface area contributed by atoms with Gasteiger partial charge in [-0.1, -0.05) is 30.1 Å². The van der Waals surface area contributed by atoms with Gasteiger partial charge in [0.1, 0.15) is 11.3 Å². The second-order valence-corrected chi connectivity index (χ2v) is 6.74. The van der Waals surface area contributed by atoms with Crippen LogP contribution in [0.2, 0.25) is 10.0 Å². The second-order valence-electron chi connectivity index (χ2n) is 4.95. The molecule has 0 bridgehead atoms. The third-order valence-electron chi connectivity index (χ3n) is 3.33. The van der Waals surface area contributed by atoms with E-state index in [0.717, 1.165) is 15.8 Å². The van der Waals surface area contributed by atoms with Crippen molar-refractivity contribution in [3.8, 4) is 0 Å². The van der Waals surface area contributed by atoms with Crippen molar-refractivity contribution in [1.82, 2.24) is 9.38 Å². The van der Waals surface area contributed by atoms with Gasteiger partial charge in [-0.3, -0.25) is 9.20 Å². The SMILES string of the molecule is CCc1nc2ccc(Br)cn2c1C(=O)Nc1cc(Cl)cc(Cl)c1. The zero-order chi connectivity index (χ0) is 16.6. The highest BCUT2D eigenvalue weighted by Crippen LogP contribution is 2.24. The summed E-state index contributed by atoms with van der Waals surface area (Å²) in [5.74, 6) is -0.259. The lowest BCUT2D eigenvalue weighted by molar-refractivity contribution is 0.102. The highest BCUT2D eigenvalue weighted by molar-refractivity contribution is 9.10. The highest BCUT2D eigenvalue weighted by Gasteiger charge is 2.18. The Labute approximate surface area is 151 Å². The molecule has 0 unspecified atom stereocenters. The first kappa shape index (κ1) is 16.3. The molecule has 1 N–H and O–H groups in total. The van der Waals surface area contributed by atoms with Crippen molar-refractivity contribution >= 4 is 56.4 Å². The standard InChI is InChI=1S/C16H12BrCl2N3O/c1-2-13-15(22-8-9(17)3-4-14(22)21-13)16(23)20-12-6-10(18)5-11(19)7-12/h3-8H,2H2,1H3,(H,20,23). The van der Waals surface area contributed by atoms with Crippen LogP contribution in [-0.4, -0.2) is 15.3 Å². The summed E-state index contributed by atoms with van der Waals surface area (Å²) >= 11 is 15.4. The first-order valence-electron chi connectivity index (χ1n) is 6.92. The Hall–Kier alpha value is -1.56. The van der Waals surface area contributed by atoms with Crippen molar-refractivity contribution in [3.05, 3.63) is 62.4 Å². The number of fused-ring (bicyclic) bond motifs is 1. The van der Waals surface area contributed by atoms with E-state index in [1.165, 1.54) is 0 Å². The summed E-state index contributed by atoms with van der Waals surface area (Å²) < 4.78 is 2.63. The maximum absolute atomic E-state index is 12.7. The Kier molecular flexibility index (Phi) is 4.62. The summed E-state index contributed by atoms with van der Waals surface area (Å²) in [7, 11) is 0. The monoisotopic (exact) mass is 411 g/mol. The first-order chi connectivity index (χ1) is 11.0. The number of hydrogen-bond donors (Lipinski definition) is 1. The summed E-state index contributed by atoms with van der Waals surface area (Å²) in [4.78, 5) is 17.2. The number of amides is 1. The van der Waals surface area contributed by atoms with E-state index in [0.29, 0.717) is 27.8 Å². The van der Waals surface area contributed by atoms with Crippen LogP contribution in [0.5, 0.6) is 0 Å². The van der Waals surface area contributed by atoms with Gasteiger partial charge in [0.05, 0.1) is 5.69 Å². The van der Waals surface area contributed by atoms with Crippen molar-refractivity contribution in [1.29, 1.82) is 0 Å². The minimum Gasteiger partial charge on any atom is -0.321 e. The lowest BCUT2D eigenvalue weighted by atomic mass is 10.2. The molecule has 0 saturated heterocycles. The number of hydrogen-bond acceptors (Lipinski definition) is 2. The molecule has 0 aliphatic carbocycles. The van der Waals surface area contributed by atoms with Crippen LogP contribution in [0.4, 0.5) is 5.69 Å².